The molecule has 4 aromatic carbocycles. The lowest BCUT2D eigenvalue weighted by Gasteiger charge is -2.16. The number of fused-ring (bicyclic) bond motifs is 1. The van der Waals surface area contributed by atoms with Crippen LogP contribution in [-0.2, 0) is 14.8 Å². The van der Waals surface area contributed by atoms with Crippen LogP contribution in [0.15, 0.2) is 94.7 Å². The number of ether oxygens (including phenoxy) is 1. The van der Waals surface area contributed by atoms with Crippen molar-refractivity contribution >= 4 is 44.2 Å². The molecular weight excluding hydrogens is 456 g/mol. The molecule has 0 heterocycles. The lowest BCUT2D eigenvalue weighted by atomic mass is 10.1. The molecule has 168 valence electrons. The van der Waals surface area contributed by atoms with Crippen molar-refractivity contribution in [2.24, 2.45) is 5.73 Å². The van der Waals surface area contributed by atoms with Crippen LogP contribution in [0.25, 0.3) is 21.9 Å². The predicted molar refractivity (Wildman–Crippen MR) is 133 cm³/mol. The molecule has 0 aliphatic heterocycles. The number of primary amides is 1. The summed E-state index contributed by atoms with van der Waals surface area (Å²) in [5.74, 6) is 0.129. The van der Waals surface area contributed by atoms with E-state index >= 15 is 0 Å². The summed E-state index contributed by atoms with van der Waals surface area (Å²) in [7, 11) is -2.33. The smallest absolute Gasteiger partial charge is 0.261 e. The van der Waals surface area contributed by atoms with Crippen molar-refractivity contribution in [1.29, 1.82) is 0 Å². The molecule has 0 bridgehead atoms. The largest absolute Gasteiger partial charge is 0.495 e. The second-order valence-electron chi connectivity index (χ2n) is 7.25. The molecular formula is C25H22N2O4S2. The van der Waals surface area contributed by atoms with Gasteiger partial charge in [0.1, 0.15) is 5.75 Å². The van der Waals surface area contributed by atoms with E-state index in [0.29, 0.717) is 21.7 Å². The number of nitrogens with two attached hydrogens (primary N) is 1. The summed E-state index contributed by atoms with van der Waals surface area (Å²) in [6.07, 6.45) is 0. The Bertz CT molecular complexity index is 1400. The minimum atomic E-state index is -3.86. The van der Waals surface area contributed by atoms with Crippen LogP contribution in [0.1, 0.15) is 0 Å². The number of thioether (sulfide) groups is 1. The number of carbonyl (C=O) groups excluding carboxylic acids is 1. The lowest BCUT2D eigenvalue weighted by Crippen LogP contribution is -2.14. The number of amides is 1. The summed E-state index contributed by atoms with van der Waals surface area (Å²) in [6, 6.07) is 25.5. The minimum absolute atomic E-state index is 0.0435. The predicted octanol–water partition coefficient (Wildman–Crippen LogP) is 4.89. The molecule has 0 aliphatic rings. The van der Waals surface area contributed by atoms with E-state index in [0.717, 1.165) is 16.5 Å². The van der Waals surface area contributed by atoms with Crippen molar-refractivity contribution in [2.75, 3.05) is 17.6 Å². The third-order valence-electron chi connectivity index (χ3n) is 5.05. The Hall–Kier alpha value is -3.49. The van der Waals surface area contributed by atoms with Crippen LogP contribution in [0.5, 0.6) is 5.75 Å². The number of rotatable bonds is 8. The molecule has 6 nitrogen and oxygen atoms in total. The SMILES string of the molecule is COc1c(SCC(N)=O)cc(NS(=O)(=O)c2ccc(-c3ccccc3)cc2)c2ccccc12. The average Bonchev–Trinajstić information content (AvgIpc) is 2.83. The van der Waals surface area contributed by atoms with Gasteiger partial charge in [0, 0.05) is 10.8 Å². The van der Waals surface area contributed by atoms with E-state index in [-0.39, 0.29) is 10.6 Å². The number of benzene rings is 4. The molecule has 0 aliphatic carbocycles. The number of hydrogen-bond donors (Lipinski definition) is 2. The van der Waals surface area contributed by atoms with Crippen molar-refractivity contribution in [3.8, 4) is 16.9 Å². The Kier molecular flexibility index (Phi) is 6.57. The molecule has 0 atom stereocenters. The van der Waals surface area contributed by atoms with Gasteiger partial charge < -0.3 is 10.5 Å². The first-order valence-corrected chi connectivity index (χ1v) is 12.5. The zero-order chi connectivity index (χ0) is 23.4. The van der Waals surface area contributed by atoms with Crippen LogP contribution < -0.4 is 15.2 Å². The number of sulfonamides is 1. The summed E-state index contributed by atoms with van der Waals surface area (Å²) in [5.41, 5.74) is 7.63. The summed E-state index contributed by atoms with van der Waals surface area (Å²) >= 11 is 1.20. The maximum absolute atomic E-state index is 13.2. The van der Waals surface area contributed by atoms with E-state index in [9.17, 15) is 13.2 Å². The van der Waals surface area contributed by atoms with Gasteiger partial charge >= 0.3 is 0 Å². The highest BCUT2D eigenvalue weighted by atomic mass is 32.2. The topological polar surface area (TPSA) is 98.5 Å². The van der Waals surface area contributed by atoms with E-state index in [1.165, 1.54) is 18.9 Å². The minimum Gasteiger partial charge on any atom is -0.495 e. The molecule has 3 N–H and O–H groups in total. The van der Waals surface area contributed by atoms with Crippen molar-refractivity contribution in [1.82, 2.24) is 0 Å². The van der Waals surface area contributed by atoms with Crippen molar-refractivity contribution in [2.45, 2.75) is 9.79 Å². The highest BCUT2D eigenvalue weighted by molar-refractivity contribution is 8.00. The van der Waals surface area contributed by atoms with Gasteiger partial charge in [-0.05, 0) is 29.3 Å². The first kappa shape index (κ1) is 22.7. The Morgan fingerprint density at radius 3 is 2.15 bits per heavy atom. The fraction of sp³-hybridized carbons (Fsp3) is 0.0800. The molecule has 8 heteroatoms. The zero-order valence-corrected chi connectivity index (χ0v) is 19.4. The van der Waals surface area contributed by atoms with Gasteiger partial charge in [-0.2, -0.15) is 0 Å². The molecule has 0 radical (unpaired) electrons. The van der Waals surface area contributed by atoms with Crippen LogP contribution in [0, 0.1) is 0 Å². The molecule has 0 spiro atoms. The number of anilines is 1. The molecule has 4 rings (SSSR count). The summed E-state index contributed by atoms with van der Waals surface area (Å²) in [6.45, 7) is 0. The monoisotopic (exact) mass is 478 g/mol. The average molecular weight is 479 g/mol. The molecule has 0 saturated heterocycles. The number of carbonyl (C=O) groups is 1. The highest BCUT2D eigenvalue weighted by Crippen LogP contribution is 2.41. The third kappa shape index (κ3) is 4.97. The second-order valence-corrected chi connectivity index (χ2v) is 9.95. The number of nitrogens with one attached hydrogen (secondary N) is 1. The fourth-order valence-corrected chi connectivity index (χ4v) is 5.43. The van der Waals surface area contributed by atoms with E-state index in [2.05, 4.69) is 4.72 Å². The third-order valence-corrected chi connectivity index (χ3v) is 7.48. The maximum atomic E-state index is 13.2. The second kappa shape index (κ2) is 9.56. The fourth-order valence-electron chi connectivity index (χ4n) is 3.54. The Morgan fingerprint density at radius 2 is 1.52 bits per heavy atom. The number of hydrogen-bond acceptors (Lipinski definition) is 5. The highest BCUT2D eigenvalue weighted by Gasteiger charge is 2.19. The Morgan fingerprint density at radius 1 is 0.909 bits per heavy atom. The molecule has 4 aromatic rings. The molecule has 0 unspecified atom stereocenters. The number of methoxy groups -OCH3 is 1. The summed E-state index contributed by atoms with van der Waals surface area (Å²) < 4.78 is 34.7. The molecule has 0 aromatic heterocycles. The van der Waals surface area contributed by atoms with E-state index in [4.69, 9.17) is 10.5 Å². The quantitative estimate of drug-likeness (QED) is 0.351. The van der Waals surface area contributed by atoms with Gasteiger partial charge in [-0.3, -0.25) is 9.52 Å². The van der Waals surface area contributed by atoms with Crippen molar-refractivity contribution in [3.05, 3.63) is 84.9 Å². The van der Waals surface area contributed by atoms with Crippen LogP contribution in [0.2, 0.25) is 0 Å². The molecule has 0 saturated carbocycles. The van der Waals surface area contributed by atoms with Crippen LogP contribution >= 0.6 is 11.8 Å². The van der Waals surface area contributed by atoms with Gasteiger partial charge in [0.05, 0.1) is 28.3 Å². The standard InChI is InChI=1S/C25H22N2O4S2/c1-31-25-21-10-6-5-9-20(21)22(15-23(25)32-16-24(26)28)27-33(29,30)19-13-11-18(12-14-19)17-7-3-2-4-8-17/h2-15,27H,16H2,1H3,(H2,26,28). The van der Waals surface area contributed by atoms with Crippen LogP contribution in [0.4, 0.5) is 5.69 Å². The normalized spacial score (nSPS) is 11.3. The van der Waals surface area contributed by atoms with E-state index in [1.807, 2.05) is 54.6 Å². The van der Waals surface area contributed by atoms with Crippen LogP contribution in [-0.4, -0.2) is 27.2 Å². The van der Waals surface area contributed by atoms with E-state index < -0.39 is 15.9 Å². The Labute approximate surface area is 196 Å². The van der Waals surface area contributed by atoms with Gasteiger partial charge in [-0.15, -0.1) is 11.8 Å². The summed E-state index contributed by atoms with van der Waals surface area (Å²) in [5, 5.41) is 1.41. The van der Waals surface area contributed by atoms with Gasteiger partial charge in [0.15, 0.2) is 0 Å². The molecule has 1 amide bonds. The first-order valence-electron chi connectivity index (χ1n) is 10.1. The van der Waals surface area contributed by atoms with Gasteiger partial charge in [0.25, 0.3) is 10.0 Å². The molecule has 0 fully saturated rings. The van der Waals surface area contributed by atoms with Crippen molar-refractivity contribution in [3.63, 3.8) is 0 Å². The van der Waals surface area contributed by atoms with Crippen LogP contribution in [0.3, 0.4) is 0 Å². The van der Waals surface area contributed by atoms with Gasteiger partial charge in [-0.25, -0.2) is 8.42 Å². The maximum Gasteiger partial charge on any atom is 0.261 e. The molecule has 33 heavy (non-hydrogen) atoms. The van der Waals surface area contributed by atoms with Gasteiger partial charge in [0.2, 0.25) is 5.91 Å². The zero-order valence-electron chi connectivity index (χ0n) is 17.8. The summed E-state index contributed by atoms with van der Waals surface area (Å²) in [4.78, 5) is 12.1. The Balaban J connectivity index is 1.72. The lowest BCUT2D eigenvalue weighted by molar-refractivity contribution is -0.115. The van der Waals surface area contributed by atoms with Gasteiger partial charge in [-0.1, -0.05) is 66.7 Å². The van der Waals surface area contributed by atoms with Crippen molar-refractivity contribution < 1.29 is 17.9 Å². The van der Waals surface area contributed by atoms with E-state index in [1.54, 1.807) is 30.3 Å². The first-order chi connectivity index (χ1) is 15.9.